The predicted molar refractivity (Wildman–Crippen MR) is 75.8 cm³/mol. The van der Waals surface area contributed by atoms with Crippen molar-refractivity contribution in [2.45, 2.75) is 71.9 Å². The zero-order valence-electron chi connectivity index (χ0n) is 12.7. The van der Waals surface area contributed by atoms with E-state index in [1.165, 1.54) is 6.42 Å². The minimum Gasteiger partial charge on any atom is -0.389 e. The molecule has 0 aliphatic heterocycles. The molecule has 0 amide bonds. The van der Waals surface area contributed by atoms with Crippen LogP contribution in [-0.2, 0) is 13.0 Å². The predicted octanol–water partition coefficient (Wildman–Crippen LogP) is 2.81. The van der Waals surface area contributed by atoms with E-state index in [-0.39, 0.29) is 5.41 Å². The van der Waals surface area contributed by atoms with E-state index in [1.54, 1.807) is 6.33 Å². The molecule has 108 valence electrons. The third-order valence-corrected chi connectivity index (χ3v) is 4.51. The summed E-state index contributed by atoms with van der Waals surface area (Å²) in [4.78, 5) is 4.33. The van der Waals surface area contributed by atoms with Gasteiger partial charge in [-0.15, -0.1) is 0 Å². The second kappa shape index (κ2) is 5.23. The Labute approximate surface area is 116 Å². The third-order valence-electron chi connectivity index (χ3n) is 4.51. The van der Waals surface area contributed by atoms with Gasteiger partial charge in [-0.05, 0) is 31.1 Å². The van der Waals surface area contributed by atoms with Crippen molar-refractivity contribution in [3.05, 3.63) is 12.2 Å². The average Bonchev–Trinajstić information content (AvgIpc) is 2.74. The fourth-order valence-corrected chi connectivity index (χ4v) is 3.64. The summed E-state index contributed by atoms with van der Waals surface area (Å²) >= 11 is 0. The Balaban J connectivity index is 2.23. The summed E-state index contributed by atoms with van der Waals surface area (Å²) in [5.41, 5.74) is -0.497. The Hall–Kier alpha value is -0.900. The summed E-state index contributed by atoms with van der Waals surface area (Å²) in [6.07, 6.45) is 6.56. The molecule has 0 spiro atoms. The second-order valence-corrected chi connectivity index (χ2v) is 6.94. The van der Waals surface area contributed by atoms with E-state index in [2.05, 4.69) is 37.8 Å². The van der Waals surface area contributed by atoms with Crippen molar-refractivity contribution in [1.82, 2.24) is 14.8 Å². The zero-order valence-corrected chi connectivity index (χ0v) is 12.7. The van der Waals surface area contributed by atoms with Crippen molar-refractivity contribution in [3.63, 3.8) is 0 Å². The van der Waals surface area contributed by atoms with Crippen LogP contribution in [0.25, 0.3) is 0 Å². The van der Waals surface area contributed by atoms with Gasteiger partial charge < -0.3 is 5.11 Å². The highest BCUT2D eigenvalue weighted by Crippen LogP contribution is 2.45. The molecule has 1 aliphatic rings. The maximum absolute atomic E-state index is 11.2. The molecule has 0 saturated heterocycles. The SMILES string of the molecule is CCn1ncnc1CC1(O)CCCCC1C(C)(C)C. The van der Waals surface area contributed by atoms with Crippen LogP contribution in [0.2, 0.25) is 0 Å². The lowest BCUT2D eigenvalue weighted by atomic mass is 9.62. The fraction of sp³-hybridized carbons (Fsp3) is 0.867. The van der Waals surface area contributed by atoms with Gasteiger partial charge in [0.2, 0.25) is 0 Å². The summed E-state index contributed by atoms with van der Waals surface area (Å²) in [5.74, 6) is 1.25. The van der Waals surface area contributed by atoms with Gasteiger partial charge in [0.15, 0.2) is 0 Å². The third kappa shape index (κ3) is 2.99. The molecule has 0 radical (unpaired) electrons. The number of aromatic nitrogens is 3. The van der Waals surface area contributed by atoms with Crippen molar-refractivity contribution in [2.24, 2.45) is 11.3 Å². The molecule has 1 aliphatic carbocycles. The number of nitrogens with zero attached hydrogens (tertiary/aromatic N) is 3. The van der Waals surface area contributed by atoms with Crippen molar-refractivity contribution >= 4 is 0 Å². The Kier molecular flexibility index (Phi) is 4.00. The van der Waals surface area contributed by atoms with Gasteiger partial charge in [-0.3, -0.25) is 4.68 Å². The van der Waals surface area contributed by atoms with Crippen LogP contribution in [0.4, 0.5) is 0 Å². The average molecular weight is 265 g/mol. The fourth-order valence-electron chi connectivity index (χ4n) is 3.64. The Bertz CT molecular complexity index is 421. The van der Waals surface area contributed by atoms with Crippen LogP contribution in [0, 0.1) is 11.3 Å². The van der Waals surface area contributed by atoms with Crippen LogP contribution in [0.1, 0.15) is 59.2 Å². The highest BCUT2D eigenvalue weighted by atomic mass is 16.3. The second-order valence-electron chi connectivity index (χ2n) is 6.94. The normalized spacial score (nSPS) is 28.6. The summed E-state index contributed by atoms with van der Waals surface area (Å²) in [5, 5.41) is 15.4. The molecule has 1 fully saturated rings. The van der Waals surface area contributed by atoms with Crippen LogP contribution < -0.4 is 0 Å². The van der Waals surface area contributed by atoms with Crippen LogP contribution in [0.5, 0.6) is 0 Å². The van der Waals surface area contributed by atoms with Gasteiger partial charge in [-0.2, -0.15) is 5.10 Å². The van der Waals surface area contributed by atoms with Crippen LogP contribution >= 0.6 is 0 Å². The van der Waals surface area contributed by atoms with E-state index in [9.17, 15) is 5.11 Å². The number of rotatable bonds is 3. The Morgan fingerprint density at radius 1 is 1.42 bits per heavy atom. The molecule has 0 bridgehead atoms. The lowest BCUT2D eigenvalue weighted by Crippen LogP contribution is -2.48. The van der Waals surface area contributed by atoms with Crippen molar-refractivity contribution in [1.29, 1.82) is 0 Å². The van der Waals surface area contributed by atoms with Gasteiger partial charge >= 0.3 is 0 Å². The van der Waals surface area contributed by atoms with E-state index in [4.69, 9.17) is 0 Å². The molecule has 4 nitrogen and oxygen atoms in total. The van der Waals surface area contributed by atoms with Crippen LogP contribution in [-0.4, -0.2) is 25.5 Å². The Morgan fingerprint density at radius 3 is 2.79 bits per heavy atom. The molecule has 1 heterocycles. The van der Waals surface area contributed by atoms with E-state index in [0.29, 0.717) is 12.3 Å². The lowest BCUT2D eigenvalue weighted by Gasteiger charge is -2.46. The van der Waals surface area contributed by atoms with Gasteiger partial charge in [0.05, 0.1) is 5.60 Å². The van der Waals surface area contributed by atoms with Gasteiger partial charge in [-0.1, -0.05) is 33.6 Å². The van der Waals surface area contributed by atoms with Gasteiger partial charge in [0.25, 0.3) is 0 Å². The Morgan fingerprint density at radius 2 is 2.16 bits per heavy atom. The monoisotopic (exact) mass is 265 g/mol. The van der Waals surface area contributed by atoms with Gasteiger partial charge in [0.1, 0.15) is 12.2 Å². The van der Waals surface area contributed by atoms with Crippen molar-refractivity contribution < 1.29 is 5.11 Å². The van der Waals surface area contributed by atoms with E-state index in [1.807, 2.05) is 4.68 Å². The summed E-state index contributed by atoms with van der Waals surface area (Å²) in [6, 6.07) is 0. The first-order chi connectivity index (χ1) is 8.87. The largest absolute Gasteiger partial charge is 0.389 e. The molecular formula is C15H27N3O. The standard InChI is InChI=1S/C15H27N3O/c1-5-18-13(16-11-17-18)10-15(19)9-7-6-8-12(15)14(2,3)4/h11-12,19H,5-10H2,1-4H3. The molecule has 2 atom stereocenters. The molecule has 0 aromatic carbocycles. The van der Waals surface area contributed by atoms with Crippen LogP contribution in [0.3, 0.4) is 0 Å². The van der Waals surface area contributed by atoms with Gasteiger partial charge in [-0.25, -0.2) is 4.98 Å². The number of aryl methyl sites for hydroxylation is 1. The molecule has 1 aromatic rings. The molecule has 1 aromatic heterocycles. The molecule has 19 heavy (non-hydrogen) atoms. The topological polar surface area (TPSA) is 50.9 Å². The van der Waals surface area contributed by atoms with Crippen molar-refractivity contribution in [3.8, 4) is 0 Å². The smallest absolute Gasteiger partial charge is 0.138 e. The summed E-state index contributed by atoms with van der Waals surface area (Å²) in [7, 11) is 0. The number of hydrogen-bond acceptors (Lipinski definition) is 3. The minimum atomic E-state index is -0.629. The minimum absolute atomic E-state index is 0.131. The molecular weight excluding hydrogens is 238 g/mol. The van der Waals surface area contributed by atoms with Gasteiger partial charge in [0, 0.05) is 13.0 Å². The first-order valence-corrected chi connectivity index (χ1v) is 7.46. The highest BCUT2D eigenvalue weighted by Gasteiger charge is 2.45. The maximum Gasteiger partial charge on any atom is 0.138 e. The quantitative estimate of drug-likeness (QED) is 0.914. The maximum atomic E-state index is 11.2. The number of aliphatic hydroxyl groups is 1. The molecule has 2 unspecified atom stereocenters. The van der Waals surface area contributed by atoms with E-state index < -0.39 is 5.60 Å². The van der Waals surface area contributed by atoms with Crippen molar-refractivity contribution in [2.75, 3.05) is 0 Å². The van der Waals surface area contributed by atoms with E-state index in [0.717, 1.165) is 31.6 Å². The molecule has 1 N–H and O–H groups in total. The first-order valence-electron chi connectivity index (χ1n) is 7.46. The summed E-state index contributed by atoms with van der Waals surface area (Å²) in [6.45, 7) is 9.57. The zero-order chi connectivity index (χ0) is 14.1. The van der Waals surface area contributed by atoms with Crippen LogP contribution in [0.15, 0.2) is 6.33 Å². The summed E-state index contributed by atoms with van der Waals surface area (Å²) < 4.78 is 1.90. The van der Waals surface area contributed by atoms with E-state index >= 15 is 0 Å². The highest BCUT2D eigenvalue weighted by molar-refractivity contribution is 5.02. The lowest BCUT2D eigenvalue weighted by molar-refractivity contribution is -0.0905. The molecule has 4 heteroatoms. The first kappa shape index (κ1) is 14.5. The molecule has 1 saturated carbocycles. The number of hydrogen-bond donors (Lipinski definition) is 1. The molecule has 2 rings (SSSR count).